The van der Waals surface area contributed by atoms with Crippen LogP contribution < -0.4 is 15.8 Å². The number of primary amides is 1. The summed E-state index contributed by atoms with van der Waals surface area (Å²) in [6.45, 7) is 0.239. The SMILES string of the molecule is NC(=O)c1cccc(NC(=O)c2cccc(S(=O)(=O)NCCc3ccccc3)c2)c1. The molecule has 0 bridgehead atoms. The van der Waals surface area contributed by atoms with Gasteiger partial charge in [0.25, 0.3) is 5.91 Å². The van der Waals surface area contributed by atoms with Gasteiger partial charge in [0.05, 0.1) is 4.90 Å². The normalized spacial score (nSPS) is 11.1. The lowest BCUT2D eigenvalue weighted by Gasteiger charge is -2.10. The van der Waals surface area contributed by atoms with Crippen molar-refractivity contribution < 1.29 is 18.0 Å². The molecule has 8 heteroatoms. The molecule has 0 heterocycles. The van der Waals surface area contributed by atoms with Gasteiger partial charge in [-0.15, -0.1) is 0 Å². The molecule has 2 amide bonds. The Morgan fingerprint density at radius 2 is 1.53 bits per heavy atom. The molecule has 0 unspecified atom stereocenters. The van der Waals surface area contributed by atoms with E-state index in [-0.39, 0.29) is 22.6 Å². The molecule has 0 aliphatic heterocycles. The van der Waals surface area contributed by atoms with Crippen LogP contribution in [-0.4, -0.2) is 26.8 Å². The number of carbonyl (C=O) groups excluding carboxylic acids is 2. The predicted molar refractivity (Wildman–Crippen MR) is 115 cm³/mol. The lowest BCUT2D eigenvalue weighted by molar-refractivity contribution is 0.0996. The number of hydrogen-bond acceptors (Lipinski definition) is 4. The fraction of sp³-hybridized carbons (Fsp3) is 0.0909. The zero-order chi connectivity index (χ0) is 21.6. The van der Waals surface area contributed by atoms with Crippen LogP contribution in [0, 0.1) is 0 Å². The van der Waals surface area contributed by atoms with Crippen molar-refractivity contribution in [2.45, 2.75) is 11.3 Å². The largest absolute Gasteiger partial charge is 0.366 e. The van der Waals surface area contributed by atoms with Gasteiger partial charge < -0.3 is 11.1 Å². The molecule has 0 aliphatic rings. The molecule has 0 saturated carbocycles. The Morgan fingerprint density at radius 1 is 0.833 bits per heavy atom. The highest BCUT2D eigenvalue weighted by atomic mass is 32.2. The number of carbonyl (C=O) groups is 2. The predicted octanol–water partition coefficient (Wildman–Crippen LogP) is 2.56. The fourth-order valence-corrected chi connectivity index (χ4v) is 3.89. The monoisotopic (exact) mass is 423 g/mol. The Labute approximate surface area is 175 Å². The number of nitrogens with one attached hydrogen (secondary N) is 2. The number of benzene rings is 3. The molecule has 3 aromatic rings. The van der Waals surface area contributed by atoms with Crippen LogP contribution in [0.4, 0.5) is 5.69 Å². The second kappa shape index (κ2) is 9.34. The highest BCUT2D eigenvalue weighted by molar-refractivity contribution is 7.89. The molecule has 7 nitrogen and oxygen atoms in total. The first-order chi connectivity index (χ1) is 14.3. The molecular formula is C22H21N3O4S. The number of hydrogen-bond donors (Lipinski definition) is 3. The van der Waals surface area contributed by atoms with Gasteiger partial charge in [-0.3, -0.25) is 9.59 Å². The van der Waals surface area contributed by atoms with Crippen molar-refractivity contribution in [1.82, 2.24) is 4.72 Å². The Balaban J connectivity index is 1.69. The maximum Gasteiger partial charge on any atom is 0.255 e. The van der Waals surface area contributed by atoms with Crippen LogP contribution >= 0.6 is 0 Å². The van der Waals surface area contributed by atoms with Crippen molar-refractivity contribution in [3.63, 3.8) is 0 Å². The first-order valence-electron chi connectivity index (χ1n) is 9.20. The summed E-state index contributed by atoms with van der Waals surface area (Å²) in [5.41, 5.74) is 7.07. The molecule has 0 spiro atoms. The van der Waals surface area contributed by atoms with E-state index in [0.29, 0.717) is 12.1 Å². The van der Waals surface area contributed by atoms with Crippen LogP contribution in [0.25, 0.3) is 0 Å². The van der Waals surface area contributed by atoms with Gasteiger partial charge in [-0.25, -0.2) is 13.1 Å². The van der Waals surface area contributed by atoms with Crippen LogP contribution in [0.15, 0.2) is 83.8 Å². The highest BCUT2D eigenvalue weighted by Gasteiger charge is 2.16. The van der Waals surface area contributed by atoms with Crippen LogP contribution in [0.2, 0.25) is 0 Å². The molecule has 3 aromatic carbocycles. The van der Waals surface area contributed by atoms with Gasteiger partial charge in [-0.2, -0.15) is 0 Å². The van der Waals surface area contributed by atoms with E-state index >= 15 is 0 Å². The zero-order valence-electron chi connectivity index (χ0n) is 16.0. The third-order valence-corrected chi connectivity index (χ3v) is 5.82. The molecule has 4 N–H and O–H groups in total. The van der Waals surface area contributed by atoms with Gasteiger partial charge in [0, 0.05) is 23.4 Å². The molecular weight excluding hydrogens is 402 g/mol. The lowest BCUT2D eigenvalue weighted by atomic mass is 10.1. The Morgan fingerprint density at radius 3 is 2.27 bits per heavy atom. The van der Waals surface area contributed by atoms with E-state index in [1.807, 2.05) is 30.3 Å². The van der Waals surface area contributed by atoms with E-state index in [4.69, 9.17) is 5.73 Å². The number of anilines is 1. The van der Waals surface area contributed by atoms with Crippen LogP contribution in [0.5, 0.6) is 0 Å². The second-order valence-corrected chi connectivity index (χ2v) is 8.33. The molecule has 3 rings (SSSR count). The Bertz CT molecular complexity index is 1160. The molecule has 0 fully saturated rings. The molecule has 0 radical (unpaired) electrons. The third kappa shape index (κ3) is 5.53. The minimum absolute atomic E-state index is 0.00546. The molecule has 0 aliphatic carbocycles. The smallest absolute Gasteiger partial charge is 0.255 e. The number of sulfonamides is 1. The summed E-state index contributed by atoms with van der Waals surface area (Å²) in [4.78, 5) is 23.8. The molecule has 0 atom stereocenters. The van der Waals surface area contributed by atoms with Crippen LogP contribution in [0.1, 0.15) is 26.3 Å². The summed E-state index contributed by atoms with van der Waals surface area (Å²) in [6, 6.07) is 21.5. The third-order valence-electron chi connectivity index (χ3n) is 4.36. The van der Waals surface area contributed by atoms with Gasteiger partial charge >= 0.3 is 0 Å². The summed E-state index contributed by atoms with van der Waals surface area (Å²) in [5.74, 6) is -1.11. The van der Waals surface area contributed by atoms with E-state index in [1.165, 1.54) is 36.4 Å². The number of nitrogens with two attached hydrogens (primary N) is 1. The second-order valence-electron chi connectivity index (χ2n) is 6.56. The van der Waals surface area contributed by atoms with Crippen molar-refractivity contribution in [3.05, 3.63) is 95.6 Å². The Kier molecular flexibility index (Phi) is 6.61. The van der Waals surface area contributed by atoms with Crippen LogP contribution in [-0.2, 0) is 16.4 Å². The summed E-state index contributed by atoms with van der Waals surface area (Å²) >= 11 is 0. The van der Waals surface area contributed by atoms with Crippen molar-refractivity contribution in [2.24, 2.45) is 5.73 Å². The average molecular weight is 423 g/mol. The maximum absolute atomic E-state index is 12.6. The van der Waals surface area contributed by atoms with E-state index in [0.717, 1.165) is 5.56 Å². The van der Waals surface area contributed by atoms with Gasteiger partial charge in [0.1, 0.15) is 0 Å². The maximum atomic E-state index is 12.6. The van der Waals surface area contributed by atoms with E-state index < -0.39 is 21.8 Å². The van der Waals surface area contributed by atoms with Crippen molar-refractivity contribution in [1.29, 1.82) is 0 Å². The molecule has 0 aromatic heterocycles. The zero-order valence-corrected chi connectivity index (χ0v) is 16.9. The van der Waals surface area contributed by atoms with Gasteiger partial charge in [0.15, 0.2) is 0 Å². The van der Waals surface area contributed by atoms with Crippen molar-refractivity contribution in [2.75, 3.05) is 11.9 Å². The summed E-state index contributed by atoms with van der Waals surface area (Å²) in [5, 5.41) is 2.63. The summed E-state index contributed by atoms with van der Waals surface area (Å²) in [6.07, 6.45) is 0.552. The summed E-state index contributed by atoms with van der Waals surface area (Å²) in [7, 11) is -3.77. The first kappa shape index (κ1) is 21.2. The molecule has 30 heavy (non-hydrogen) atoms. The molecule has 154 valence electrons. The van der Waals surface area contributed by atoms with Gasteiger partial charge in [-0.1, -0.05) is 42.5 Å². The standard InChI is InChI=1S/C22H21N3O4S/c23-21(26)17-8-4-10-19(14-17)25-22(27)18-9-5-11-20(15-18)30(28,29)24-13-12-16-6-2-1-3-7-16/h1-11,14-15,24H,12-13H2,(H2,23,26)(H,25,27). The van der Waals surface area contributed by atoms with E-state index in [1.54, 1.807) is 12.1 Å². The topological polar surface area (TPSA) is 118 Å². The first-order valence-corrected chi connectivity index (χ1v) is 10.7. The van der Waals surface area contributed by atoms with Gasteiger partial charge in [0.2, 0.25) is 15.9 Å². The van der Waals surface area contributed by atoms with Crippen LogP contribution in [0.3, 0.4) is 0 Å². The van der Waals surface area contributed by atoms with Gasteiger partial charge in [-0.05, 0) is 48.4 Å². The van der Waals surface area contributed by atoms with Crippen molar-refractivity contribution >= 4 is 27.5 Å². The average Bonchev–Trinajstić information content (AvgIpc) is 2.74. The fourth-order valence-electron chi connectivity index (χ4n) is 2.82. The Hall–Kier alpha value is -3.49. The number of amides is 2. The minimum Gasteiger partial charge on any atom is -0.366 e. The highest BCUT2D eigenvalue weighted by Crippen LogP contribution is 2.15. The van der Waals surface area contributed by atoms with E-state index in [9.17, 15) is 18.0 Å². The quantitative estimate of drug-likeness (QED) is 0.516. The minimum atomic E-state index is -3.77. The number of rotatable bonds is 8. The van der Waals surface area contributed by atoms with Crippen molar-refractivity contribution in [3.8, 4) is 0 Å². The summed E-state index contributed by atoms with van der Waals surface area (Å²) < 4.78 is 27.7. The van der Waals surface area contributed by atoms with E-state index in [2.05, 4.69) is 10.0 Å². The molecule has 0 saturated heterocycles. The lowest BCUT2D eigenvalue weighted by Crippen LogP contribution is -2.26.